The van der Waals surface area contributed by atoms with Crippen LogP contribution < -0.4 is 5.32 Å². The number of nitrogens with one attached hydrogen (secondary N) is 1. The highest BCUT2D eigenvalue weighted by atomic mass is 16.7. The van der Waals surface area contributed by atoms with Gasteiger partial charge in [-0.25, -0.2) is 0 Å². The minimum atomic E-state index is 0.231. The average molecular weight is 133 g/mol. The molecule has 3 nitrogen and oxygen atoms in total. The predicted octanol–water partition coefficient (Wildman–Crippen LogP) is 0.215. The number of hydrogen-bond donors (Lipinski definition) is 1. The first-order valence-electron chi connectivity index (χ1n) is 3.06. The van der Waals surface area contributed by atoms with E-state index in [1.807, 2.05) is 14.0 Å². The zero-order valence-electron chi connectivity index (χ0n) is 6.31. The van der Waals surface area contributed by atoms with Crippen molar-refractivity contribution in [3.8, 4) is 0 Å². The Morgan fingerprint density at radius 2 is 2.22 bits per heavy atom. The summed E-state index contributed by atoms with van der Waals surface area (Å²) in [7, 11) is 3.51. The van der Waals surface area contributed by atoms with Crippen LogP contribution in [-0.4, -0.2) is 33.6 Å². The molecule has 0 aromatic rings. The Balaban J connectivity index is 2.95. The molecule has 0 aliphatic heterocycles. The molecular weight excluding hydrogens is 118 g/mol. The Labute approximate surface area is 56.3 Å². The zero-order chi connectivity index (χ0) is 7.11. The third-order valence-electron chi connectivity index (χ3n) is 0.962. The Morgan fingerprint density at radius 1 is 1.56 bits per heavy atom. The second-order valence-corrected chi connectivity index (χ2v) is 1.94. The molecule has 9 heavy (non-hydrogen) atoms. The third kappa shape index (κ3) is 5.76. The van der Waals surface area contributed by atoms with Gasteiger partial charge in [0.1, 0.15) is 6.79 Å². The molecule has 0 aromatic heterocycles. The van der Waals surface area contributed by atoms with Gasteiger partial charge in [0.05, 0.1) is 6.10 Å². The molecular formula is C6H15NO2. The van der Waals surface area contributed by atoms with Crippen LogP contribution in [0.4, 0.5) is 0 Å². The number of hydrogen-bond acceptors (Lipinski definition) is 3. The summed E-state index contributed by atoms with van der Waals surface area (Å²) in [6, 6.07) is 0. The van der Waals surface area contributed by atoms with Crippen LogP contribution in [-0.2, 0) is 9.47 Å². The quantitative estimate of drug-likeness (QED) is 0.544. The molecule has 0 radical (unpaired) electrons. The van der Waals surface area contributed by atoms with Crippen LogP contribution in [0.2, 0.25) is 0 Å². The molecule has 56 valence electrons. The first-order chi connectivity index (χ1) is 4.31. The first kappa shape index (κ1) is 8.88. The van der Waals surface area contributed by atoms with Crippen LogP contribution in [0.1, 0.15) is 6.92 Å². The lowest BCUT2D eigenvalue weighted by Gasteiger charge is -2.10. The van der Waals surface area contributed by atoms with E-state index in [0.29, 0.717) is 6.79 Å². The summed E-state index contributed by atoms with van der Waals surface area (Å²) >= 11 is 0. The number of rotatable bonds is 5. The lowest BCUT2D eigenvalue weighted by Crippen LogP contribution is -2.24. The lowest BCUT2D eigenvalue weighted by atomic mass is 10.4. The van der Waals surface area contributed by atoms with Crippen molar-refractivity contribution in [1.29, 1.82) is 0 Å². The molecule has 0 heterocycles. The van der Waals surface area contributed by atoms with E-state index in [1.165, 1.54) is 0 Å². The molecule has 0 aliphatic rings. The van der Waals surface area contributed by atoms with Gasteiger partial charge in [-0.15, -0.1) is 0 Å². The van der Waals surface area contributed by atoms with Crippen molar-refractivity contribution in [2.45, 2.75) is 13.0 Å². The molecule has 0 aromatic carbocycles. The van der Waals surface area contributed by atoms with Crippen LogP contribution in [0.15, 0.2) is 0 Å². The third-order valence-corrected chi connectivity index (χ3v) is 0.962. The summed E-state index contributed by atoms with van der Waals surface area (Å²) in [5.74, 6) is 0. The van der Waals surface area contributed by atoms with Gasteiger partial charge in [-0.3, -0.25) is 0 Å². The monoisotopic (exact) mass is 133 g/mol. The van der Waals surface area contributed by atoms with Crippen LogP contribution in [0.5, 0.6) is 0 Å². The van der Waals surface area contributed by atoms with Crippen molar-refractivity contribution in [2.24, 2.45) is 0 Å². The zero-order valence-corrected chi connectivity index (χ0v) is 6.31. The minimum Gasteiger partial charge on any atom is -0.359 e. The summed E-state index contributed by atoms with van der Waals surface area (Å²) < 4.78 is 9.86. The van der Waals surface area contributed by atoms with Gasteiger partial charge < -0.3 is 14.8 Å². The highest BCUT2D eigenvalue weighted by molar-refractivity contribution is 4.48. The minimum absolute atomic E-state index is 0.231. The normalized spacial score (nSPS) is 13.7. The van der Waals surface area contributed by atoms with Crippen molar-refractivity contribution < 1.29 is 9.47 Å². The Hall–Kier alpha value is -0.120. The SMILES string of the molecule is CNCC(C)OCOC. The lowest BCUT2D eigenvalue weighted by molar-refractivity contribution is -0.0636. The molecule has 1 unspecified atom stereocenters. The van der Waals surface area contributed by atoms with Crippen molar-refractivity contribution in [3.05, 3.63) is 0 Å². The Kier molecular flexibility index (Phi) is 5.93. The fourth-order valence-corrected chi connectivity index (χ4v) is 0.531. The van der Waals surface area contributed by atoms with Crippen LogP contribution in [0.25, 0.3) is 0 Å². The van der Waals surface area contributed by atoms with Crippen LogP contribution in [0, 0.1) is 0 Å². The Bertz CT molecular complexity index is 59.0. The van der Waals surface area contributed by atoms with E-state index in [1.54, 1.807) is 7.11 Å². The van der Waals surface area contributed by atoms with Crippen molar-refractivity contribution in [2.75, 3.05) is 27.5 Å². The molecule has 0 fully saturated rings. The van der Waals surface area contributed by atoms with Gasteiger partial charge in [0.25, 0.3) is 0 Å². The fourth-order valence-electron chi connectivity index (χ4n) is 0.531. The summed E-state index contributed by atoms with van der Waals surface area (Å²) in [5.41, 5.74) is 0. The van der Waals surface area contributed by atoms with E-state index in [9.17, 15) is 0 Å². The molecule has 1 N–H and O–H groups in total. The molecule has 0 amide bonds. The fraction of sp³-hybridized carbons (Fsp3) is 1.00. The Morgan fingerprint density at radius 3 is 2.67 bits per heavy atom. The van der Waals surface area contributed by atoms with Gasteiger partial charge in [0.2, 0.25) is 0 Å². The van der Waals surface area contributed by atoms with E-state index in [-0.39, 0.29) is 6.10 Å². The van der Waals surface area contributed by atoms with Crippen molar-refractivity contribution in [1.82, 2.24) is 5.32 Å². The van der Waals surface area contributed by atoms with Gasteiger partial charge in [-0.1, -0.05) is 0 Å². The topological polar surface area (TPSA) is 30.5 Å². The van der Waals surface area contributed by atoms with E-state index in [4.69, 9.17) is 9.47 Å². The number of ether oxygens (including phenoxy) is 2. The molecule has 0 spiro atoms. The largest absolute Gasteiger partial charge is 0.359 e. The van der Waals surface area contributed by atoms with Gasteiger partial charge in [0, 0.05) is 13.7 Å². The maximum atomic E-state index is 5.15. The van der Waals surface area contributed by atoms with Crippen LogP contribution >= 0.6 is 0 Å². The summed E-state index contributed by atoms with van der Waals surface area (Å²) in [4.78, 5) is 0. The maximum Gasteiger partial charge on any atom is 0.146 e. The van der Waals surface area contributed by atoms with Crippen LogP contribution in [0.3, 0.4) is 0 Å². The van der Waals surface area contributed by atoms with Gasteiger partial charge in [0.15, 0.2) is 0 Å². The van der Waals surface area contributed by atoms with Gasteiger partial charge in [-0.2, -0.15) is 0 Å². The second-order valence-electron chi connectivity index (χ2n) is 1.94. The van der Waals surface area contributed by atoms with Gasteiger partial charge in [-0.05, 0) is 14.0 Å². The highest BCUT2D eigenvalue weighted by Gasteiger charge is 1.96. The summed E-state index contributed by atoms with van der Waals surface area (Å²) in [6.45, 7) is 3.24. The second kappa shape index (κ2) is 6.01. The highest BCUT2D eigenvalue weighted by Crippen LogP contribution is 1.86. The first-order valence-corrected chi connectivity index (χ1v) is 3.06. The maximum absolute atomic E-state index is 5.15. The summed E-state index contributed by atoms with van der Waals surface area (Å²) in [5, 5.41) is 3.00. The smallest absolute Gasteiger partial charge is 0.146 e. The number of likely N-dealkylation sites (N-methyl/N-ethyl adjacent to an activating group) is 1. The molecule has 0 saturated heterocycles. The number of methoxy groups -OCH3 is 1. The van der Waals surface area contributed by atoms with E-state index < -0.39 is 0 Å². The average Bonchev–Trinajstić information content (AvgIpc) is 1.85. The standard InChI is InChI=1S/C6H15NO2/c1-6(4-7-2)9-5-8-3/h6-7H,4-5H2,1-3H3. The molecule has 1 atom stereocenters. The van der Waals surface area contributed by atoms with Crippen molar-refractivity contribution in [3.63, 3.8) is 0 Å². The molecule has 0 bridgehead atoms. The molecule has 0 rings (SSSR count). The summed E-state index contributed by atoms with van der Waals surface area (Å²) in [6.07, 6.45) is 0.231. The van der Waals surface area contributed by atoms with Gasteiger partial charge >= 0.3 is 0 Å². The molecule has 0 aliphatic carbocycles. The van der Waals surface area contributed by atoms with E-state index in [2.05, 4.69) is 5.32 Å². The predicted molar refractivity (Wildman–Crippen MR) is 36.3 cm³/mol. The van der Waals surface area contributed by atoms with E-state index in [0.717, 1.165) is 6.54 Å². The molecule has 3 heteroatoms. The molecule has 0 saturated carbocycles. The van der Waals surface area contributed by atoms with E-state index >= 15 is 0 Å². The van der Waals surface area contributed by atoms with Crippen molar-refractivity contribution >= 4 is 0 Å².